The number of nitrogens with zero attached hydrogens (tertiary/aromatic N) is 1. The Kier molecular flexibility index (Phi) is 36.3. The molecule has 4 heteroatoms. The Balaban J connectivity index is 0. The summed E-state index contributed by atoms with van der Waals surface area (Å²) in [6, 6.07) is 0. The van der Waals surface area contributed by atoms with Crippen LogP contribution in [0.4, 0.5) is 0 Å². The number of Topliss-reactive ketones (excluding diaryl/α,β-unsaturated/α-hetero) is 2. The standard InChI is InChI=1S/C42H80NO2.ClH/c1-6-8-10-12-14-16-18-20-22-24-26-28-30-32-34-36-41(44)38-40(39-43(3,4)5)42(45)37-35-33-31-29-27-25-23-21-19-17-15-13-11-9-7-2;/h20-23,40H,6-19,24-39H2,1-5H3;1H/q+1;/p-1/b22-20-,23-21-;/t40-;/m0./s1. The van der Waals surface area contributed by atoms with Gasteiger partial charge in [-0.2, -0.15) is 0 Å². The normalized spacial score (nSPS) is 12.6. The van der Waals surface area contributed by atoms with Crippen molar-refractivity contribution in [3.63, 3.8) is 0 Å². The third kappa shape index (κ3) is 35.9. The lowest BCUT2D eigenvalue weighted by Crippen LogP contribution is -3.00. The topological polar surface area (TPSA) is 34.1 Å². The number of halogens is 1. The molecule has 0 fully saturated rings. The molecule has 0 aromatic heterocycles. The zero-order valence-corrected chi connectivity index (χ0v) is 32.5. The molecule has 46 heavy (non-hydrogen) atoms. The van der Waals surface area contributed by atoms with E-state index >= 15 is 0 Å². The maximum absolute atomic E-state index is 13.1. The van der Waals surface area contributed by atoms with E-state index in [1.807, 2.05) is 0 Å². The smallest absolute Gasteiger partial charge is 0.142 e. The van der Waals surface area contributed by atoms with Gasteiger partial charge < -0.3 is 16.9 Å². The Morgan fingerprint density at radius 1 is 0.478 bits per heavy atom. The number of hydrogen-bond acceptors (Lipinski definition) is 2. The molecule has 3 nitrogen and oxygen atoms in total. The summed E-state index contributed by atoms with van der Waals surface area (Å²) in [4.78, 5) is 25.9. The average molecular weight is 667 g/mol. The van der Waals surface area contributed by atoms with Crippen molar-refractivity contribution in [1.29, 1.82) is 0 Å². The fourth-order valence-corrected chi connectivity index (χ4v) is 6.29. The number of carbonyl (C=O) groups is 2. The van der Waals surface area contributed by atoms with Gasteiger partial charge in [0, 0.05) is 19.3 Å². The lowest BCUT2D eigenvalue weighted by molar-refractivity contribution is -0.872. The van der Waals surface area contributed by atoms with E-state index in [4.69, 9.17) is 0 Å². The summed E-state index contributed by atoms with van der Waals surface area (Å²) < 4.78 is 0.740. The Bertz CT molecular complexity index is 724. The van der Waals surface area contributed by atoms with Gasteiger partial charge in [-0.05, 0) is 64.2 Å². The monoisotopic (exact) mass is 666 g/mol. The van der Waals surface area contributed by atoms with Gasteiger partial charge >= 0.3 is 0 Å². The molecule has 1 atom stereocenters. The minimum Gasteiger partial charge on any atom is -1.00 e. The molecule has 0 bridgehead atoms. The van der Waals surface area contributed by atoms with E-state index in [1.54, 1.807) is 0 Å². The Morgan fingerprint density at radius 2 is 0.804 bits per heavy atom. The molecule has 0 unspecified atom stereocenters. The molecule has 0 heterocycles. The minimum atomic E-state index is -0.114. The fourth-order valence-electron chi connectivity index (χ4n) is 6.29. The van der Waals surface area contributed by atoms with Crippen LogP contribution >= 0.6 is 0 Å². The second-order valence-corrected chi connectivity index (χ2v) is 15.0. The van der Waals surface area contributed by atoms with Crippen molar-refractivity contribution in [2.75, 3.05) is 27.7 Å². The first-order chi connectivity index (χ1) is 21.8. The molecular weight excluding hydrogens is 586 g/mol. The molecule has 0 saturated heterocycles. The van der Waals surface area contributed by atoms with Gasteiger partial charge in [-0.3, -0.25) is 9.59 Å². The summed E-state index contributed by atoms with van der Waals surface area (Å²) in [5, 5.41) is 0. The van der Waals surface area contributed by atoms with Crippen LogP contribution in [-0.2, 0) is 9.59 Å². The van der Waals surface area contributed by atoms with Crippen molar-refractivity contribution in [2.24, 2.45) is 5.92 Å². The third-order valence-electron chi connectivity index (χ3n) is 9.10. The number of rotatable bonds is 35. The van der Waals surface area contributed by atoms with E-state index < -0.39 is 0 Å². The summed E-state index contributed by atoms with van der Waals surface area (Å²) in [7, 11) is 6.41. The van der Waals surface area contributed by atoms with E-state index in [0.717, 1.165) is 36.7 Å². The van der Waals surface area contributed by atoms with Gasteiger partial charge in [0.05, 0.1) is 33.6 Å². The highest BCUT2D eigenvalue weighted by molar-refractivity contribution is 5.88. The Labute approximate surface area is 295 Å². The summed E-state index contributed by atoms with van der Waals surface area (Å²) in [5.74, 6) is 0.500. The quantitative estimate of drug-likeness (QED) is 0.0384. The molecule has 0 aromatic rings. The number of carbonyl (C=O) groups excluding carboxylic acids is 2. The van der Waals surface area contributed by atoms with Crippen LogP contribution in [0.3, 0.4) is 0 Å². The van der Waals surface area contributed by atoms with Crippen molar-refractivity contribution in [1.82, 2.24) is 0 Å². The fraction of sp³-hybridized carbons (Fsp3) is 0.857. The lowest BCUT2D eigenvalue weighted by atomic mass is 9.91. The summed E-state index contributed by atoms with van der Waals surface area (Å²) >= 11 is 0. The van der Waals surface area contributed by atoms with Gasteiger partial charge in [0.15, 0.2) is 0 Å². The van der Waals surface area contributed by atoms with Gasteiger partial charge in [0.1, 0.15) is 11.6 Å². The molecule has 0 radical (unpaired) electrons. The Morgan fingerprint density at radius 3 is 1.17 bits per heavy atom. The summed E-state index contributed by atoms with van der Waals surface area (Å²) in [6.45, 7) is 5.31. The first-order valence-electron chi connectivity index (χ1n) is 19.9. The summed E-state index contributed by atoms with van der Waals surface area (Å²) in [5.41, 5.74) is 0. The van der Waals surface area contributed by atoms with Crippen molar-refractivity contribution >= 4 is 11.6 Å². The number of allylic oxidation sites excluding steroid dienone is 4. The van der Waals surface area contributed by atoms with Crippen molar-refractivity contribution in [3.8, 4) is 0 Å². The highest BCUT2D eigenvalue weighted by Crippen LogP contribution is 2.18. The molecule has 0 aliphatic rings. The molecule has 0 aliphatic heterocycles. The van der Waals surface area contributed by atoms with Gasteiger partial charge in [-0.1, -0.05) is 141 Å². The first kappa shape index (κ1) is 47.2. The highest BCUT2D eigenvalue weighted by Gasteiger charge is 2.27. The number of hydrogen-bond donors (Lipinski definition) is 0. The minimum absolute atomic E-state index is 0. The first-order valence-corrected chi connectivity index (χ1v) is 19.9. The molecule has 0 aliphatic carbocycles. The third-order valence-corrected chi connectivity index (χ3v) is 9.10. The predicted octanol–water partition coefficient (Wildman–Crippen LogP) is 9.92. The number of quaternary nitrogens is 1. The van der Waals surface area contributed by atoms with Crippen LogP contribution in [0, 0.1) is 5.92 Å². The zero-order valence-electron chi connectivity index (χ0n) is 31.7. The van der Waals surface area contributed by atoms with Crippen molar-refractivity contribution in [2.45, 2.75) is 200 Å². The van der Waals surface area contributed by atoms with E-state index in [2.05, 4.69) is 59.3 Å². The molecule has 0 aromatic carbocycles. The van der Waals surface area contributed by atoms with Crippen LogP contribution < -0.4 is 12.4 Å². The van der Waals surface area contributed by atoms with Crippen LogP contribution in [0.15, 0.2) is 24.3 Å². The molecule has 0 rings (SSSR count). The molecule has 0 saturated carbocycles. The SMILES string of the molecule is CCCCCCCC/C=C\CCCCCCCC(=O)C[C@@H](C[N+](C)(C)C)C(=O)CCCCCCC/C=C\CCCCCCCC.[Cl-]. The van der Waals surface area contributed by atoms with Crippen LogP contribution in [-0.4, -0.2) is 43.7 Å². The lowest BCUT2D eigenvalue weighted by Gasteiger charge is -2.28. The predicted molar refractivity (Wildman–Crippen MR) is 200 cm³/mol. The van der Waals surface area contributed by atoms with E-state index in [0.29, 0.717) is 30.8 Å². The van der Waals surface area contributed by atoms with Crippen LogP contribution in [0.2, 0.25) is 0 Å². The summed E-state index contributed by atoms with van der Waals surface area (Å²) in [6.07, 6.45) is 44.3. The van der Waals surface area contributed by atoms with Gasteiger partial charge in [-0.15, -0.1) is 0 Å². The number of unbranched alkanes of at least 4 members (excludes halogenated alkanes) is 22. The maximum Gasteiger partial charge on any atom is 0.142 e. The highest BCUT2D eigenvalue weighted by atomic mass is 35.5. The molecule has 0 amide bonds. The van der Waals surface area contributed by atoms with Crippen molar-refractivity contribution < 1.29 is 26.5 Å². The van der Waals surface area contributed by atoms with Crippen LogP contribution in [0.25, 0.3) is 0 Å². The largest absolute Gasteiger partial charge is 1.00 e. The Hall–Kier alpha value is -0.930. The maximum atomic E-state index is 13.1. The molecule has 0 N–H and O–H groups in total. The second-order valence-electron chi connectivity index (χ2n) is 15.0. The average Bonchev–Trinajstić information content (AvgIpc) is 3.00. The molecule has 272 valence electrons. The van der Waals surface area contributed by atoms with Crippen molar-refractivity contribution in [3.05, 3.63) is 24.3 Å². The van der Waals surface area contributed by atoms with Crippen LogP contribution in [0.1, 0.15) is 200 Å². The van der Waals surface area contributed by atoms with E-state index in [9.17, 15) is 9.59 Å². The van der Waals surface area contributed by atoms with Gasteiger partial charge in [-0.25, -0.2) is 0 Å². The zero-order chi connectivity index (χ0) is 33.3. The second kappa shape index (κ2) is 35.4. The van der Waals surface area contributed by atoms with Gasteiger partial charge in [0.25, 0.3) is 0 Å². The molecular formula is C42H80ClNO2. The van der Waals surface area contributed by atoms with Crippen LogP contribution in [0.5, 0.6) is 0 Å². The number of ketones is 2. The van der Waals surface area contributed by atoms with E-state index in [-0.39, 0.29) is 18.3 Å². The van der Waals surface area contributed by atoms with E-state index in [1.165, 1.54) is 141 Å². The molecule has 0 spiro atoms. The van der Waals surface area contributed by atoms with Gasteiger partial charge in [0.2, 0.25) is 0 Å².